The Hall–Kier alpha value is -2.69. The highest BCUT2D eigenvalue weighted by Crippen LogP contribution is 2.18. The third-order valence-corrected chi connectivity index (χ3v) is 3.56. The van der Waals surface area contributed by atoms with Crippen molar-refractivity contribution in [3.05, 3.63) is 48.0 Å². The van der Waals surface area contributed by atoms with E-state index in [9.17, 15) is 4.79 Å². The van der Waals surface area contributed by atoms with Gasteiger partial charge >= 0.3 is 0 Å². The minimum absolute atomic E-state index is 0.0121. The molecule has 1 heterocycles. The number of benzene rings is 2. The maximum absolute atomic E-state index is 11.5. The van der Waals surface area contributed by atoms with Gasteiger partial charge in [0.1, 0.15) is 11.0 Å². The molecule has 112 valence electrons. The number of hydrogen-bond acceptors (Lipinski definition) is 3. The van der Waals surface area contributed by atoms with Crippen molar-refractivity contribution in [2.45, 2.75) is 26.7 Å². The van der Waals surface area contributed by atoms with E-state index in [4.69, 9.17) is 0 Å². The predicted molar refractivity (Wildman–Crippen MR) is 87.2 cm³/mol. The van der Waals surface area contributed by atoms with Gasteiger partial charge in [-0.15, -0.1) is 10.2 Å². The van der Waals surface area contributed by atoms with E-state index in [2.05, 4.69) is 34.6 Å². The van der Waals surface area contributed by atoms with Gasteiger partial charge < -0.3 is 5.32 Å². The number of carbonyl (C=O) groups is 1. The van der Waals surface area contributed by atoms with Gasteiger partial charge in [-0.05, 0) is 42.3 Å². The highest BCUT2D eigenvalue weighted by Gasteiger charge is 2.07. The van der Waals surface area contributed by atoms with Crippen LogP contribution in [0.4, 0.5) is 5.69 Å². The molecule has 0 radical (unpaired) electrons. The van der Waals surface area contributed by atoms with E-state index in [0.29, 0.717) is 6.42 Å². The van der Waals surface area contributed by atoms with Crippen LogP contribution in [0.25, 0.3) is 16.7 Å². The Morgan fingerprint density at radius 2 is 1.77 bits per heavy atom. The van der Waals surface area contributed by atoms with Crippen LogP contribution >= 0.6 is 0 Å². The van der Waals surface area contributed by atoms with Crippen molar-refractivity contribution in [1.82, 2.24) is 15.0 Å². The first-order valence-corrected chi connectivity index (χ1v) is 7.46. The number of rotatable bonds is 4. The molecule has 0 bridgehead atoms. The molecule has 0 spiro atoms. The lowest BCUT2D eigenvalue weighted by atomic mass is 10.2. The second-order valence-corrected chi connectivity index (χ2v) is 5.11. The van der Waals surface area contributed by atoms with Crippen LogP contribution in [-0.2, 0) is 11.2 Å². The SMILES string of the molecule is CCC(=O)Nc1ccc2nn(-c3ccc(CC)cc3)nc2c1. The molecule has 3 aromatic rings. The maximum atomic E-state index is 11.5. The van der Waals surface area contributed by atoms with Crippen molar-refractivity contribution in [3.63, 3.8) is 0 Å². The van der Waals surface area contributed by atoms with Crippen molar-refractivity contribution < 1.29 is 4.79 Å². The minimum Gasteiger partial charge on any atom is -0.326 e. The number of nitrogens with zero attached hydrogens (tertiary/aromatic N) is 3. The summed E-state index contributed by atoms with van der Waals surface area (Å²) in [5, 5.41) is 11.8. The molecule has 0 aliphatic heterocycles. The fraction of sp³-hybridized carbons (Fsp3) is 0.235. The molecular weight excluding hydrogens is 276 g/mol. The van der Waals surface area contributed by atoms with E-state index in [1.165, 1.54) is 5.56 Å². The molecule has 22 heavy (non-hydrogen) atoms. The molecule has 3 rings (SSSR count). The lowest BCUT2D eigenvalue weighted by molar-refractivity contribution is -0.115. The molecule has 0 aliphatic carbocycles. The van der Waals surface area contributed by atoms with Gasteiger partial charge in [-0.25, -0.2) is 0 Å². The Kier molecular flexibility index (Phi) is 3.87. The number of aromatic nitrogens is 3. The van der Waals surface area contributed by atoms with Gasteiger partial charge in [0, 0.05) is 12.1 Å². The highest BCUT2D eigenvalue weighted by atomic mass is 16.1. The van der Waals surface area contributed by atoms with Crippen LogP contribution in [0.2, 0.25) is 0 Å². The van der Waals surface area contributed by atoms with E-state index >= 15 is 0 Å². The van der Waals surface area contributed by atoms with Gasteiger partial charge in [-0.3, -0.25) is 4.79 Å². The van der Waals surface area contributed by atoms with Crippen LogP contribution in [0.5, 0.6) is 0 Å². The van der Waals surface area contributed by atoms with Gasteiger partial charge in [-0.1, -0.05) is 26.0 Å². The predicted octanol–water partition coefficient (Wildman–Crippen LogP) is 3.33. The van der Waals surface area contributed by atoms with Gasteiger partial charge in [0.15, 0.2) is 0 Å². The van der Waals surface area contributed by atoms with Crippen molar-refractivity contribution in [2.75, 3.05) is 5.32 Å². The normalized spacial score (nSPS) is 10.8. The molecule has 0 atom stereocenters. The molecule has 0 unspecified atom stereocenters. The smallest absolute Gasteiger partial charge is 0.224 e. The van der Waals surface area contributed by atoms with E-state index in [0.717, 1.165) is 28.8 Å². The zero-order chi connectivity index (χ0) is 15.5. The van der Waals surface area contributed by atoms with Gasteiger partial charge in [-0.2, -0.15) is 4.80 Å². The van der Waals surface area contributed by atoms with Gasteiger partial charge in [0.05, 0.1) is 5.69 Å². The molecule has 0 fully saturated rings. The van der Waals surface area contributed by atoms with Crippen LogP contribution in [0.3, 0.4) is 0 Å². The third kappa shape index (κ3) is 2.83. The van der Waals surface area contributed by atoms with Gasteiger partial charge in [0.2, 0.25) is 5.91 Å². The lowest BCUT2D eigenvalue weighted by Crippen LogP contribution is -2.09. The number of aryl methyl sites for hydroxylation is 1. The van der Waals surface area contributed by atoms with Crippen LogP contribution in [-0.4, -0.2) is 20.9 Å². The van der Waals surface area contributed by atoms with Crippen LogP contribution < -0.4 is 5.32 Å². The summed E-state index contributed by atoms with van der Waals surface area (Å²) < 4.78 is 0. The monoisotopic (exact) mass is 294 g/mol. The van der Waals surface area contributed by atoms with Crippen molar-refractivity contribution in [1.29, 1.82) is 0 Å². The van der Waals surface area contributed by atoms with E-state index < -0.39 is 0 Å². The second-order valence-electron chi connectivity index (χ2n) is 5.11. The fourth-order valence-corrected chi connectivity index (χ4v) is 2.22. The summed E-state index contributed by atoms with van der Waals surface area (Å²) in [5.74, 6) is -0.0121. The number of hydrogen-bond donors (Lipinski definition) is 1. The summed E-state index contributed by atoms with van der Waals surface area (Å²) in [5.41, 5.74) is 4.51. The third-order valence-electron chi connectivity index (χ3n) is 3.56. The van der Waals surface area contributed by atoms with Crippen molar-refractivity contribution in [2.24, 2.45) is 0 Å². The zero-order valence-corrected chi connectivity index (χ0v) is 12.7. The number of carbonyl (C=O) groups excluding carboxylic acids is 1. The molecule has 2 aromatic carbocycles. The molecule has 0 saturated carbocycles. The molecule has 0 saturated heterocycles. The number of amides is 1. The summed E-state index contributed by atoms with van der Waals surface area (Å²) in [6, 6.07) is 13.7. The Morgan fingerprint density at radius 3 is 2.45 bits per heavy atom. The largest absolute Gasteiger partial charge is 0.326 e. The molecule has 1 amide bonds. The Morgan fingerprint density at radius 1 is 1.05 bits per heavy atom. The summed E-state index contributed by atoms with van der Waals surface area (Å²) in [7, 11) is 0. The summed E-state index contributed by atoms with van der Waals surface area (Å²) in [6.07, 6.45) is 1.46. The zero-order valence-electron chi connectivity index (χ0n) is 12.7. The first kappa shape index (κ1) is 14.3. The van der Waals surface area contributed by atoms with Crippen LogP contribution in [0.15, 0.2) is 42.5 Å². The van der Waals surface area contributed by atoms with E-state index in [-0.39, 0.29) is 5.91 Å². The second kappa shape index (κ2) is 5.97. The van der Waals surface area contributed by atoms with Crippen molar-refractivity contribution in [3.8, 4) is 5.69 Å². The molecule has 0 aliphatic rings. The Balaban J connectivity index is 1.93. The van der Waals surface area contributed by atoms with Crippen molar-refractivity contribution >= 4 is 22.6 Å². The number of nitrogens with one attached hydrogen (secondary N) is 1. The standard InChI is InChI=1S/C17H18N4O/c1-3-12-5-8-14(9-6-12)21-19-15-10-7-13(11-16(15)20-21)18-17(22)4-2/h5-11H,3-4H2,1-2H3,(H,18,22). The molecule has 5 nitrogen and oxygen atoms in total. The Bertz CT molecular complexity index is 805. The summed E-state index contributed by atoms with van der Waals surface area (Å²) in [4.78, 5) is 13.1. The molecule has 1 N–H and O–H groups in total. The fourth-order valence-electron chi connectivity index (χ4n) is 2.22. The topological polar surface area (TPSA) is 59.8 Å². The first-order chi connectivity index (χ1) is 10.7. The van der Waals surface area contributed by atoms with Crippen LogP contribution in [0.1, 0.15) is 25.8 Å². The average molecular weight is 294 g/mol. The summed E-state index contributed by atoms with van der Waals surface area (Å²) in [6.45, 7) is 3.95. The van der Waals surface area contributed by atoms with E-state index in [1.807, 2.05) is 37.3 Å². The van der Waals surface area contributed by atoms with Gasteiger partial charge in [0.25, 0.3) is 0 Å². The number of anilines is 1. The quantitative estimate of drug-likeness (QED) is 0.803. The Labute approximate surface area is 129 Å². The van der Waals surface area contributed by atoms with Crippen LogP contribution in [0, 0.1) is 0 Å². The lowest BCUT2D eigenvalue weighted by Gasteiger charge is -2.01. The highest BCUT2D eigenvalue weighted by molar-refractivity contribution is 5.92. The molecule has 1 aromatic heterocycles. The molecular formula is C17H18N4O. The first-order valence-electron chi connectivity index (χ1n) is 7.46. The molecule has 5 heteroatoms. The summed E-state index contributed by atoms with van der Waals surface area (Å²) >= 11 is 0. The van der Waals surface area contributed by atoms with E-state index in [1.54, 1.807) is 4.80 Å². The average Bonchev–Trinajstić information content (AvgIpc) is 2.98. The minimum atomic E-state index is -0.0121. The number of fused-ring (bicyclic) bond motifs is 1. The maximum Gasteiger partial charge on any atom is 0.224 e.